The Hall–Kier alpha value is -3.12. The van der Waals surface area contributed by atoms with Crippen LogP contribution in [0.15, 0.2) is 42.5 Å². The van der Waals surface area contributed by atoms with Crippen LogP contribution in [0.1, 0.15) is 60.5 Å². The molecule has 1 amide bonds. The number of benzene rings is 2. The number of anilines is 1. The van der Waals surface area contributed by atoms with Gasteiger partial charge in [0.2, 0.25) is 5.60 Å². The highest BCUT2D eigenvalue weighted by Crippen LogP contribution is 2.34. The molecule has 1 fully saturated rings. The van der Waals surface area contributed by atoms with Crippen LogP contribution in [0.2, 0.25) is 5.02 Å². The van der Waals surface area contributed by atoms with Gasteiger partial charge in [-0.3, -0.25) is 9.59 Å². The van der Waals surface area contributed by atoms with Gasteiger partial charge < -0.3 is 10.4 Å². The zero-order valence-electron chi connectivity index (χ0n) is 17.2. The number of nitriles is 1. The van der Waals surface area contributed by atoms with E-state index in [4.69, 9.17) is 16.9 Å². The van der Waals surface area contributed by atoms with Crippen molar-refractivity contribution in [3.05, 3.63) is 64.2 Å². The molecular formula is C25H23ClN2O3. The lowest BCUT2D eigenvalue weighted by atomic mass is 9.76. The topological polar surface area (TPSA) is 90.2 Å². The molecule has 1 aliphatic carbocycles. The third-order valence-electron chi connectivity index (χ3n) is 5.58. The number of amides is 1. The third kappa shape index (κ3) is 5.33. The molecule has 1 saturated carbocycles. The molecule has 6 heteroatoms. The van der Waals surface area contributed by atoms with E-state index in [2.05, 4.69) is 17.2 Å². The van der Waals surface area contributed by atoms with Gasteiger partial charge >= 0.3 is 0 Å². The fourth-order valence-electron chi connectivity index (χ4n) is 3.73. The number of Topliss-reactive ketones (excluding diaryl/α,β-unsaturated/α-hetero) is 1. The van der Waals surface area contributed by atoms with Gasteiger partial charge in [-0.25, -0.2) is 0 Å². The normalized spacial score (nSPS) is 15.7. The van der Waals surface area contributed by atoms with Gasteiger partial charge in [0.1, 0.15) is 6.07 Å². The third-order valence-corrected chi connectivity index (χ3v) is 5.89. The maximum atomic E-state index is 13.1. The molecule has 0 bridgehead atoms. The number of ketones is 1. The molecule has 0 radical (unpaired) electrons. The zero-order chi connectivity index (χ0) is 22.4. The first-order chi connectivity index (χ1) is 14.8. The molecule has 2 aromatic carbocycles. The van der Waals surface area contributed by atoms with Crippen molar-refractivity contribution in [1.29, 1.82) is 5.26 Å². The average Bonchev–Trinajstić information content (AvgIpc) is 2.78. The molecule has 0 spiro atoms. The number of nitrogens with zero attached hydrogens (tertiary/aromatic N) is 1. The van der Waals surface area contributed by atoms with Crippen LogP contribution in [0, 0.1) is 29.1 Å². The number of hydrogen-bond donors (Lipinski definition) is 2. The Balaban J connectivity index is 1.90. The number of nitrogens with one attached hydrogen (secondary N) is 1. The van der Waals surface area contributed by atoms with Crippen LogP contribution in [0.5, 0.6) is 0 Å². The molecular weight excluding hydrogens is 412 g/mol. The lowest BCUT2D eigenvalue weighted by Gasteiger charge is -2.33. The standard InChI is InChI=1S/C25H23ClN2O3/c1-17(29)19-9-7-18(8-10-19)13-14-25(31,21-5-3-2-4-6-21)24(30)28-22-12-11-20(16-27)23(26)15-22/h7-12,15,21,31H,2-6H2,1H3,(H,28,30). The number of aliphatic hydroxyl groups is 1. The molecule has 2 aromatic rings. The van der Waals surface area contributed by atoms with E-state index in [-0.39, 0.29) is 16.7 Å². The van der Waals surface area contributed by atoms with Crippen molar-refractivity contribution >= 4 is 29.0 Å². The molecule has 158 valence electrons. The van der Waals surface area contributed by atoms with Crippen LogP contribution < -0.4 is 5.32 Å². The first-order valence-electron chi connectivity index (χ1n) is 10.2. The molecule has 3 rings (SSSR count). The van der Waals surface area contributed by atoms with Crippen molar-refractivity contribution in [2.75, 3.05) is 5.32 Å². The highest BCUT2D eigenvalue weighted by molar-refractivity contribution is 6.32. The van der Waals surface area contributed by atoms with Crippen LogP contribution in [0.3, 0.4) is 0 Å². The Kier molecular flexibility index (Phi) is 7.13. The summed E-state index contributed by atoms with van der Waals surface area (Å²) in [4.78, 5) is 24.6. The van der Waals surface area contributed by atoms with Gasteiger partial charge in [-0.15, -0.1) is 0 Å². The van der Waals surface area contributed by atoms with Crippen LogP contribution in [0.25, 0.3) is 0 Å². The van der Waals surface area contributed by atoms with Gasteiger partial charge in [-0.2, -0.15) is 5.26 Å². The minimum atomic E-state index is -1.87. The van der Waals surface area contributed by atoms with E-state index in [0.29, 0.717) is 35.2 Å². The molecule has 0 aliphatic heterocycles. The van der Waals surface area contributed by atoms with Crippen molar-refractivity contribution in [3.8, 4) is 17.9 Å². The maximum absolute atomic E-state index is 13.1. The van der Waals surface area contributed by atoms with Gasteiger partial charge in [-0.05, 0) is 50.1 Å². The van der Waals surface area contributed by atoms with Crippen LogP contribution >= 0.6 is 11.6 Å². The second-order valence-electron chi connectivity index (χ2n) is 7.75. The minimum Gasteiger partial charge on any atom is -0.369 e. The molecule has 0 heterocycles. The summed E-state index contributed by atoms with van der Waals surface area (Å²) < 4.78 is 0. The lowest BCUT2D eigenvalue weighted by Crippen LogP contribution is -2.48. The summed E-state index contributed by atoms with van der Waals surface area (Å²) in [6.45, 7) is 1.49. The van der Waals surface area contributed by atoms with Gasteiger partial charge in [0.25, 0.3) is 5.91 Å². The molecule has 1 atom stereocenters. The summed E-state index contributed by atoms with van der Waals surface area (Å²) in [5.41, 5.74) is -0.0103. The SMILES string of the molecule is CC(=O)c1ccc(C#CC(O)(C(=O)Nc2ccc(C#N)c(Cl)c2)C2CCCCC2)cc1. The van der Waals surface area contributed by atoms with Gasteiger partial charge in [0, 0.05) is 22.7 Å². The first kappa shape index (κ1) is 22.6. The van der Waals surface area contributed by atoms with E-state index >= 15 is 0 Å². The van der Waals surface area contributed by atoms with Crippen molar-refractivity contribution in [2.24, 2.45) is 5.92 Å². The molecule has 1 aliphatic rings. The van der Waals surface area contributed by atoms with Gasteiger partial charge in [0.05, 0.1) is 10.6 Å². The van der Waals surface area contributed by atoms with E-state index in [0.717, 1.165) is 19.3 Å². The summed E-state index contributed by atoms with van der Waals surface area (Å²) in [5.74, 6) is 4.76. The summed E-state index contributed by atoms with van der Waals surface area (Å²) in [6, 6.07) is 13.3. The summed E-state index contributed by atoms with van der Waals surface area (Å²) in [6.07, 6.45) is 4.33. The Labute approximate surface area is 187 Å². The van der Waals surface area contributed by atoms with E-state index in [1.165, 1.54) is 19.1 Å². The monoisotopic (exact) mass is 434 g/mol. The van der Waals surface area contributed by atoms with Crippen LogP contribution in [0.4, 0.5) is 5.69 Å². The quantitative estimate of drug-likeness (QED) is 0.538. The lowest BCUT2D eigenvalue weighted by molar-refractivity contribution is -0.134. The van der Waals surface area contributed by atoms with Crippen molar-refractivity contribution in [1.82, 2.24) is 0 Å². The smallest absolute Gasteiger partial charge is 0.269 e. The van der Waals surface area contributed by atoms with Crippen LogP contribution in [-0.4, -0.2) is 22.4 Å². The Bertz CT molecular complexity index is 1090. The summed E-state index contributed by atoms with van der Waals surface area (Å²) >= 11 is 6.06. The second kappa shape index (κ2) is 9.79. The molecule has 5 nitrogen and oxygen atoms in total. The molecule has 31 heavy (non-hydrogen) atoms. The Morgan fingerprint density at radius 2 is 1.81 bits per heavy atom. The minimum absolute atomic E-state index is 0.0429. The Morgan fingerprint density at radius 1 is 1.13 bits per heavy atom. The number of halogens is 1. The average molecular weight is 435 g/mol. The number of rotatable bonds is 4. The highest BCUT2D eigenvalue weighted by Gasteiger charge is 2.43. The fourth-order valence-corrected chi connectivity index (χ4v) is 3.95. The van der Waals surface area contributed by atoms with E-state index in [1.54, 1.807) is 30.3 Å². The predicted octanol–water partition coefficient (Wildman–Crippen LogP) is 4.72. The molecule has 0 saturated heterocycles. The van der Waals surface area contributed by atoms with E-state index in [9.17, 15) is 14.7 Å². The maximum Gasteiger partial charge on any atom is 0.269 e. The first-order valence-corrected chi connectivity index (χ1v) is 10.6. The van der Waals surface area contributed by atoms with Crippen molar-refractivity contribution in [2.45, 2.75) is 44.6 Å². The molecule has 2 N–H and O–H groups in total. The zero-order valence-corrected chi connectivity index (χ0v) is 18.0. The summed E-state index contributed by atoms with van der Waals surface area (Å²) in [5, 5.41) is 23.4. The molecule has 0 aromatic heterocycles. The van der Waals surface area contributed by atoms with Gasteiger partial charge in [0.15, 0.2) is 5.78 Å². The molecule has 1 unspecified atom stereocenters. The van der Waals surface area contributed by atoms with E-state index in [1.807, 2.05) is 6.07 Å². The second-order valence-corrected chi connectivity index (χ2v) is 8.15. The number of hydrogen-bond acceptors (Lipinski definition) is 4. The van der Waals surface area contributed by atoms with Gasteiger partial charge in [-0.1, -0.05) is 54.8 Å². The van der Waals surface area contributed by atoms with E-state index < -0.39 is 11.5 Å². The van der Waals surface area contributed by atoms with Crippen LogP contribution in [-0.2, 0) is 4.79 Å². The number of carbonyl (C=O) groups is 2. The number of carbonyl (C=O) groups excluding carboxylic acids is 2. The van der Waals surface area contributed by atoms with Crippen molar-refractivity contribution < 1.29 is 14.7 Å². The fraction of sp³-hybridized carbons (Fsp3) is 0.320. The largest absolute Gasteiger partial charge is 0.369 e. The Morgan fingerprint density at radius 3 is 2.39 bits per heavy atom. The highest BCUT2D eigenvalue weighted by atomic mass is 35.5. The summed E-state index contributed by atoms with van der Waals surface area (Å²) in [7, 11) is 0. The predicted molar refractivity (Wildman–Crippen MR) is 120 cm³/mol. The van der Waals surface area contributed by atoms with Crippen molar-refractivity contribution in [3.63, 3.8) is 0 Å².